The highest BCUT2D eigenvalue weighted by Gasteiger charge is 2.53. The molecule has 0 unspecified atom stereocenters. The third-order valence-electron chi connectivity index (χ3n) is 6.87. The van der Waals surface area contributed by atoms with Gasteiger partial charge in [0.25, 0.3) is 5.91 Å². The normalized spacial score (nSPS) is 19.2. The number of nitrogens with one attached hydrogen (secondary N) is 1. The van der Waals surface area contributed by atoms with Crippen LogP contribution in [0.3, 0.4) is 0 Å². The Kier molecular flexibility index (Phi) is 6.09. The number of fused-ring (bicyclic) bond motifs is 2. The molecule has 3 amide bonds. The van der Waals surface area contributed by atoms with Crippen LogP contribution in [0.25, 0.3) is 11.0 Å². The van der Waals surface area contributed by atoms with Gasteiger partial charge in [0.1, 0.15) is 22.5 Å². The van der Waals surface area contributed by atoms with Gasteiger partial charge < -0.3 is 18.8 Å². The summed E-state index contributed by atoms with van der Waals surface area (Å²) in [5.74, 6) is -0.366. The molecule has 1 aromatic heterocycles. The number of ether oxygens (including phenoxy) is 2. The third kappa shape index (κ3) is 4.05. The van der Waals surface area contributed by atoms with Crippen molar-refractivity contribution >= 4 is 34.5 Å². The first-order valence-corrected chi connectivity index (χ1v) is 11.7. The van der Waals surface area contributed by atoms with Crippen molar-refractivity contribution in [2.45, 2.75) is 31.2 Å². The van der Waals surface area contributed by atoms with Crippen molar-refractivity contribution < 1.29 is 33.1 Å². The van der Waals surface area contributed by atoms with Gasteiger partial charge in [0.05, 0.1) is 13.5 Å². The zero-order chi connectivity index (χ0) is 25.4. The molecule has 0 saturated carbocycles. The molecule has 0 spiro atoms. The molecule has 5 rings (SSSR count). The number of furan rings is 1. The lowest BCUT2D eigenvalue weighted by atomic mass is 9.82. The number of hydrogen-bond donors (Lipinski definition) is 1. The Bertz CT molecular complexity index is 1390. The zero-order valence-electron chi connectivity index (χ0n) is 20.1. The number of ketones is 1. The van der Waals surface area contributed by atoms with Gasteiger partial charge in [-0.25, -0.2) is 0 Å². The Morgan fingerprint density at radius 2 is 1.94 bits per heavy atom. The van der Waals surface area contributed by atoms with E-state index in [1.807, 2.05) is 6.07 Å². The van der Waals surface area contributed by atoms with Gasteiger partial charge in [-0.2, -0.15) is 0 Å². The maximum absolute atomic E-state index is 13.2. The van der Waals surface area contributed by atoms with E-state index < -0.39 is 17.2 Å². The SMILES string of the molecule is COCCCC(=O)c1ccc2cc([C@]3(CN4Cc5ccc(OC)cc5C4=O)CC(=O)NC3=O)oc2c1. The first kappa shape index (κ1) is 23.7. The average molecular weight is 491 g/mol. The van der Waals surface area contributed by atoms with E-state index in [1.54, 1.807) is 48.4 Å². The number of benzene rings is 2. The van der Waals surface area contributed by atoms with Crippen LogP contribution in [0.1, 0.15) is 51.3 Å². The Hall–Kier alpha value is -3.98. The van der Waals surface area contributed by atoms with Crippen LogP contribution in [0.15, 0.2) is 46.9 Å². The molecule has 0 radical (unpaired) electrons. The fraction of sp³-hybridized carbons (Fsp3) is 0.333. The molecule has 0 aliphatic carbocycles. The molecule has 3 heterocycles. The summed E-state index contributed by atoms with van der Waals surface area (Å²) < 4.78 is 16.4. The lowest BCUT2D eigenvalue weighted by molar-refractivity contribution is -0.127. The lowest BCUT2D eigenvalue weighted by Gasteiger charge is -2.28. The van der Waals surface area contributed by atoms with Gasteiger partial charge in [-0.3, -0.25) is 24.5 Å². The van der Waals surface area contributed by atoms with Crippen LogP contribution in [-0.2, 0) is 26.3 Å². The number of nitrogens with zero attached hydrogens (tertiary/aromatic N) is 1. The fourth-order valence-electron chi connectivity index (χ4n) is 4.93. The van der Waals surface area contributed by atoms with Gasteiger partial charge >= 0.3 is 0 Å². The molecular weight excluding hydrogens is 464 g/mol. The number of methoxy groups -OCH3 is 2. The van der Waals surface area contributed by atoms with Crippen molar-refractivity contribution in [3.05, 3.63) is 64.9 Å². The van der Waals surface area contributed by atoms with Crippen LogP contribution in [-0.4, -0.2) is 55.8 Å². The van der Waals surface area contributed by atoms with E-state index in [0.29, 0.717) is 53.8 Å². The van der Waals surface area contributed by atoms with Crippen LogP contribution in [0.2, 0.25) is 0 Å². The average Bonchev–Trinajstić information content (AvgIpc) is 3.52. The van der Waals surface area contributed by atoms with Gasteiger partial charge in [-0.15, -0.1) is 0 Å². The Morgan fingerprint density at radius 1 is 1.11 bits per heavy atom. The molecule has 186 valence electrons. The molecule has 36 heavy (non-hydrogen) atoms. The zero-order valence-corrected chi connectivity index (χ0v) is 20.1. The van der Waals surface area contributed by atoms with E-state index in [0.717, 1.165) is 5.56 Å². The van der Waals surface area contributed by atoms with E-state index in [1.165, 1.54) is 7.11 Å². The number of rotatable bonds is 9. The maximum atomic E-state index is 13.2. The van der Waals surface area contributed by atoms with Crippen LogP contribution in [0.4, 0.5) is 0 Å². The first-order valence-electron chi connectivity index (χ1n) is 11.7. The Labute approximate surface area is 207 Å². The summed E-state index contributed by atoms with van der Waals surface area (Å²) in [6.07, 6.45) is 0.814. The Morgan fingerprint density at radius 3 is 2.67 bits per heavy atom. The van der Waals surface area contributed by atoms with Gasteiger partial charge in [-0.1, -0.05) is 18.2 Å². The predicted molar refractivity (Wildman–Crippen MR) is 129 cm³/mol. The van der Waals surface area contributed by atoms with E-state index in [-0.39, 0.29) is 30.4 Å². The minimum absolute atomic E-state index is 0.0248. The third-order valence-corrected chi connectivity index (χ3v) is 6.87. The number of hydrogen-bond acceptors (Lipinski definition) is 7. The molecule has 2 aliphatic heterocycles. The highest BCUT2D eigenvalue weighted by atomic mass is 16.5. The van der Waals surface area contributed by atoms with Crippen LogP contribution < -0.4 is 10.1 Å². The Balaban J connectivity index is 1.46. The van der Waals surface area contributed by atoms with Crippen LogP contribution in [0.5, 0.6) is 5.75 Å². The molecule has 0 bridgehead atoms. The topological polar surface area (TPSA) is 115 Å². The molecule has 1 saturated heterocycles. The van der Waals surface area contributed by atoms with Crippen LogP contribution >= 0.6 is 0 Å². The fourth-order valence-corrected chi connectivity index (χ4v) is 4.93. The standard InChI is InChI=1S/C27H26N2O7/c1-34-9-3-4-21(30)16-5-6-17-11-23(36-22(17)10-16)27(13-24(31)28-26(27)33)15-29-14-18-7-8-19(35-2)12-20(18)25(29)32/h5-8,10-12H,3-4,9,13-15H2,1-2H3,(H,28,31,33)/t27-/m1/s1. The highest BCUT2D eigenvalue weighted by Crippen LogP contribution is 2.39. The molecule has 2 aliphatic rings. The lowest BCUT2D eigenvalue weighted by Crippen LogP contribution is -2.46. The summed E-state index contributed by atoms with van der Waals surface area (Å²) in [5, 5.41) is 3.07. The summed E-state index contributed by atoms with van der Waals surface area (Å²) >= 11 is 0. The van der Waals surface area contributed by atoms with Crippen LogP contribution in [0, 0.1) is 0 Å². The second kappa shape index (κ2) is 9.23. The minimum Gasteiger partial charge on any atom is -0.497 e. The van der Waals surface area contributed by atoms with Gasteiger partial charge in [0.15, 0.2) is 5.78 Å². The predicted octanol–water partition coefficient (Wildman–Crippen LogP) is 2.99. The summed E-state index contributed by atoms with van der Waals surface area (Å²) in [6, 6.07) is 12.1. The van der Waals surface area contributed by atoms with Crippen molar-refractivity contribution in [2.24, 2.45) is 0 Å². The number of imide groups is 1. The molecule has 9 heteroatoms. The highest BCUT2D eigenvalue weighted by molar-refractivity contribution is 6.10. The molecule has 1 N–H and O–H groups in total. The van der Waals surface area contributed by atoms with Gasteiger partial charge in [-0.05, 0) is 36.2 Å². The second-order valence-electron chi connectivity index (χ2n) is 9.20. The minimum atomic E-state index is -1.37. The second-order valence-corrected chi connectivity index (χ2v) is 9.20. The van der Waals surface area contributed by atoms with Crippen molar-refractivity contribution in [3.63, 3.8) is 0 Å². The quantitative estimate of drug-likeness (QED) is 0.279. The van der Waals surface area contributed by atoms with E-state index in [9.17, 15) is 19.2 Å². The van der Waals surface area contributed by atoms with Gasteiger partial charge in [0, 0.05) is 49.7 Å². The summed E-state index contributed by atoms with van der Waals surface area (Å²) in [4.78, 5) is 52.8. The molecular formula is C27H26N2O7. The number of Topliss-reactive ketones (excluding diaryl/α,β-unsaturated/α-hetero) is 1. The summed E-state index contributed by atoms with van der Waals surface area (Å²) in [5.41, 5.74) is 0.896. The molecule has 2 aromatic carbocycles. The van der Waals surface area contributed by atoms with Crippen molar-refractivity contribution in [2.75, 3.05) is 27.4 Å². The van der Waals surface area contributed by atoms with E-state index in [2.05, 4.69) is 5.32 Å². The van der Waals surface area contributed by atoms with E-state index >= 15 is 0 Å². The smallest absolute Gasteiger partial charge is 0.254 e. The first-order chi connectivity index (χ1) is 17.3. The number of carbonyl (C=O) groups is 4. The van der Waals surface area contributed by atoms with Crippen molar-refractivity contribution in [1.82, 2.24) is 10.2 Å². The number of amides is 3. The van der Waals surface area contributed by atoms with Crippen molar-refractivity contribution in [3.8, 4) is 5.75 Å². The number of carbonyl (C=O) groups excluding carboxylic acids is 4. The largest absolute Gasteiger partial charge is 0.497 e. The monoisotopic (exact) mass is 490 g/mol. The molecule has 9 nitrogen and oxygen atoms in total. The molecule has 1 fully saturated rings. The summed E-state index contributed by atoms with van der Waals surface area (Å²) in [7, 11) is 3.12. The molecule has 3 aromatic rings. The molecule has 1 atom stereocenters. The summed E-state index contributed by atoms with van der Waals surface area (Å²) in [6.45, 7) is 0.779. The maximum Gasteiger partial charge on any atom is 0.254 e. The van der Waals surface area contributed by atoms with Gasteiger partial charge in [0.2, 0.25) is 11.8 Å². The van der Waals surface area contributed by atoms with E-state index in [4.69, 9.17) is 13.9 Å². The van der Waals surface area contributed by atoms with Crippen molar-refractivity contribution in [1.29, 1.82) is 0 Å².